The molecule has 1 aromatic carbocycles. The molecule has 2 aromatic rings. The van der Waals surface area contributed by atoms with E-state index in [9.17, 15) is 8.42 Å². The van der Waals surface area contributed by atoms with Gasteiger partial charge in [0, 0.05) is 5.75 Å². The quantitative estimate of drug-likeness (QED) is 0.768. The van der Waals surface area contributed by atoms with E-state index in [0.717, 1.165) is 21.2 Å². The molecule has 22 heavy (non-hydrogen) atoms. The summed E-state index contributed by atoms with van der Waals surface area (Å²) in [5.74, 6) is 1.42. The molecule has 1 heterocycles. The predicted molar refractivity (Wildman–Crippen MR) is 92.9 cm³/mol. The Hall–Kier alpha value is -1.12. The first-order valence-corrected chi connectivity index (χ1v) is 10.3. The molecule has 0 spiro atoms. The van der Waals surface area contributed by atoms with Crippen molar-refractivity contribution in [1.29, 1.82) is 0 Å². The zero-order valence-corrected chi connectivity index (χ0v) is 15.2. The number of benzene rings is 1. The second-order valence-electron chi connectivity index (χ2n) is 5.43. The Morgan fingerprint density at radius 3 is 2.77 bits per heavy atom. The fourth-order valence-corrected chi connectivity index (χ4v) is 4.86. The third-order valence-electron chi connectivity index (χ3n) is 2.63. The van der Waals surface area contributed by atoms with Crippen molar-refractivity contribution in [1.82, 2.24) is 10.2 Å². The third kappa shape index (κ3) is 5.58. The van der Waals surface area contributed by atoms with E-state index < -0.39 is 10.0 Å². The first-order valence-electron chi connectivity index (χ1n) is 6.86. The van der Waals surface area contributed by atoms with Crippen LogP contribution in [0.4, 0.5) is 5.13 Å². The maximum Gasteiger partial charge on any atom is 0.238 e. The molecule has 0 fully saturated rings. The number of sulfonamides is 1. The van der Waals surface area contributed by atoms with Crippen molar-refractivity contribution in [3.63, 3.8) is 0 Å². The molecule has 1 N–H and O–H groups in total. The highest BCUT2D eigenvalue weighted by Gasteiger charge is 2.15. The van der Waals surface area contributed by atoms with E-state index in [0.29, 0.717) is 11.0 Å². The average Bonchev–Trinajstić information content (AvgIpc) is 2.82. The molecule has 0 saturated carbocycles. The zero-order valence-electron chi connectivity index (χ0n) is 12.7. The molecule has 0 aliphatic carbocycles. The normalized spacial score (nSPS) is 11.8. The van der Waals surface area contributed by atoms with Crippen LogP contribution in [0.5, 0.6) is 0 Å². The third-order valence-corrected chi connectivity index (χ3v) is 6.37. The van der Waals surface area contributed by atoms with Gasteiger partial charge in [-0.1, -0.05) is 66.8 Å². The van der Waals surface area contributed by atoms with Crippen LogP contribution in [0.2, 0.25) is 0 Å². The molecular weight excluding hydrogens is 338 g/mol. The van der Waals surface area contributed by atoms with Crippen molar-refractivity contribution in [2.24, 2.45) is 5.92 Å². The topological polar surface area (TPSA) is 72.0 Å². The summed E-state index contributed by atoms with van der Waals surface area (Å²) < 4.78 is 27.6. The molecule has 0 amide bonds. The number of rotatable bonds is 7. The lowest BCUT2D eigenvalue weighted by atomic mass is 10.2. The van der Waals surface area contributed by atoms with Crippen LogP contribution in [0.3, 0.4) is 0 Å². The van der Waals surface area contributed by atoms with Crippen molar-refractivity contribution in [3.05, 3.63) is 35.4 Å². The second-order valence-corrected chi connectivity index (χ2v) is 9.40. The molecular formula is C14H19N3O2S3. The highest BCUT2D eigenvalue weighted by atomic mass is 32.2. The summed E-state index contributed by atoms with van der Waals surface area (Å²) in [5.41, 5.74) is 1.79. The minimum Gasteiger partial charge on any atom is -0.257 e. The van der Waals surface area contributed by atoms with Crippen molar-refractivity contribution in [2.75, 3.05) is 10.5 Å². The van der Waals surface area contributed by atoms with E-state index in [1.54, 1.807) is 17.8 Å². The van der Waals surface area contributed by atoms with Gasteiger partial charge in [0.25, 0.3) is 0 Å². The lowest BCUT2D eigenvalue weighted by Gasteiger charge is -2.05. The molecule has 0 aliphatic rings. The maximum absolute atomic E-state index is 12.2. The average molecular weight is 358 g/mol. The largest absolute Gasteiger partial charge is 0.257 e. The maximum atomic E-state index is 12.2. The molecule has 120 valence electrons. The van der Waals surface area contributed by atoms with Crippen LogP contribution in [0.1, 0.15) is 25.0 Å². The number of aryl methyl sites for hydroxylation is 1. The van der Waals surface area contributed by atoms with E-state index in [1.807, 2.05) is 25.1 Å². The summed E-state index contributed by atoms with van der Waals surface area (Å²) in [6, 6.07) is 7.46. The van der Waals surface area contributed by atoms with Gasteiger partial charge in [0.2, 0.25) is 15.2 Å². The molecule has 5 nitrogen and oxygen atoms in total. The molecule has 0 aliphatic heterocycles. The van der Waals surface area contributed by atoms with Crippen LogP contribution in [0, 0.1) is 12.8 Å². The number of hydrogen-bond donors (Lipinski definition) is 1. The Morgan fingerprint density at radius 2 is 2.09 bits per heavy atom. The van der Waals surface area contributed by atoms with Gasteiger partial charge in [0.05, 0.1) is 5.75 Å². The Morgan fingerprint density at radius 1 is 1.32 bits per heavy atom. The van der Waals surface area contributed by atoms with Crippen LogP contribution in [-0.2, 0) is 15.8 Å². The summed E-state index contributed by atoms with van der Waals surface area (Å²) in [5, 5.41) is 8.21. The van der Waals surface area contributed by atoms with Crippen molar-refractivity contribution < 1.29 is 8.42 Å². The Balaban J connectivity index is 2.00. The Labute approximate surface area is 139 Å². The number of aromatic nitrogens is 2. The lowest BCUT2D eigenvalue weighted by Crippen LogP contribution is -2.15. The molecule has 0 unspecified atom stereocenters. The minimum atomic E-state index is -3.47. The van der Waals surface area contributed by atoms with Gasteiger partial charge in [-0.2, -0.15) is 0 Å². The van der Waals surface area contributed by atoms with E-state index in [-0.39, 0.29) is 5.75 Å². The summed E-state index contributed by atoms with van der Waals surface area (Å²) >= 11 is 2.86. The summed E-state index contributed by atoms with van der Waals surface area (Å²) in [4.78, 5) is 0. The predicted octanol–water partition coefficient (Wildman–Crippen LogP) is 3.54. The summed E-state index contributed by atoms with van der Waals surface area (Å²) in [6.45, 7) is 6.19. The number of nitrogens with zero attached hydrogens (tertiary/aromatic N) is 2. The fourth-order valence-electron chi connectivity index (χ4n) is 1.74. The number of anilines is 1. The van der Waals surface area contributed by atoms with Crippen LogP contribution < -0.4 is 4.72 Å². The number of thioether (sulfide) groups is 1. The van der Waals surface area contributed by atoms with Gasteiger partial charge in [-0.25, -0.2) is 8.42 Å². The molecule has 1 aromatic heterocycles. The highest BCUT2D eigenvalue weighted by Crippen LogP contribution is 2.27. The van der Waals surface area contributed by atoms with Crippen LogP contribution in [0.15, 0.2) is 28.6 Å². The van der Waals surface area contributed by atoms with Crippen molar-refractivity contribution in [2.45, 2.75) is 30.9 Å². The first-order chi connectivity index (χ1) is 10.3. The van der Waals surface area contributed by atoms with E-state index in [2.05, 4.69) is 28.8 Å². The van der Waals surface area contributed by atoms with Gasteiger partial charge in [-0.3, -0.25) is 4.72 Å². The van der Waals surface area contributed by atoms with E-state index >= 15 is 0 Å². The highest BCUT2D eigenvalue weighted by molar-refractivity contribution is 8.01. The van der Waals surface area contributed by atoms with Gasteiger partial charge < -0.3 is 0 Å². The molecule has 8 heteroatoms. The van der Waals surface area contributed by atoms with Crippen molar-refractivity contribution >= 4 is 38.3 Å². The van der Waals surface area contributed by atoms with Crippen LogP contribution in [-0.4, -0.2) is 24.4 Å². The summed E-state index contributed by atoms with van der Waals surface area (Å²) in [6.07, 6.45) is 0. The Bertz CT molecular complexity index is 726. The SMILES string of the molecule is Cc1cccc(CS(=O)(=O)Nc2nnc(SCC(C)C)s2)c1. The number of nitrogens with one attached hydrogen (secondary N) is 1. The van der Waals surface area contributed by atoms with E-state index in [4.69, 9.17) is 0 Å². The molecule has 0 bridgehead atoms. The van der Waals surface area contributed by atoms with Gasteiger partial charge in [0.15, 0.2) is 4.34 Å². The molecule has 0 saturated heterocycles. The van der Waals surface area contributed by atoms with Gasteiger partial charge in [0.1, 0.15) is 0 Å². The second kappa shape index (κ2) is 7.43. The fraction of sp³-hybridized carbons (Fsp3) is 0.429. The monoisotopic (exact) mass is 357 g/mol. The van der Waals surface area contributed by atoms with Gasteiger partial charge in [-0.05, 0) is 18.4 Å². The Kier molecular flexibility index (Phi) is 5.82. The first kappa shape index (κ1) is 17.2. The van der Waals surface area contributed by atoms with Crippen LogP contribution in [0.25, 0.3) is 0 Å². The van der Waals surface area contributed by atoms with Crippen LogP contribution >= 0.6 is 23.1 Å². The smallest absolute Gasteiger partial charge is 0.238 e. The lowest BCUT2D eigenvalue weighted by molar-refractivity contribution is 0.600. The molecule has 2 rings (SSSR count). The zero-order chi connectivity index (χ0) is 16.2. The van der Waals surface area contributed by atoms with Gasteiger partial charge in [-0.15, -0.1) is 10.2 Å². The van der Waals surface area contributed by atoms with Gasteiger partial charge >= 0.3 is 0 Å². The molecule has 0 radical (unpaired) electrons. The van der Waals surface area contributed by atoms with Crippen molar-refractivity contribution in [3.8, 4) is 0 Å². The number of hydrogen-bond acceptors (Lipinski definition) is 6. The standard InChI is InChI=1S/C14H19N3O2S3/c1-10(2)8-20-14-16-15-13(21-14)17-22(18,19)9-12-6-4-5-11(3)7-12/h4-7,10H,8-9H2,1-3H3,(H,15,17). The minimum absolute atomic E-state index is 0.0667. The molecule has 0 atom stereocenters. The van der Waals surface area contributed by atoms with E-state index in [1.165, 1.54) is 11.3 Å². The summed E-state index contributed by atoms with van der Waals surface area (Å²) in [7, 11) is -3.47.